The van der Waals surface area contributed by atoms with E-state index < -0.39 is 5.97 Å². The number of likely N-dealkylation sites (tertiary alicyclic amines) is 1. The normalized spacial score (nSPS) is 23.3. The Bertz CT molecular complexity index is 221. The smallest absolute Gasteiger partial charge is 0.317 e. The van der Waals surface area contributed by atoms with E-state index in [-0.39, 0.29) is 6.54 Å². The molecule has 1 aliphatic heterocycles. The minimum atomic E-state index is -0.725. The van der Waals surface area contributed by atoms with Gasteiger partial charge in [0.05, 0.1) is 6.54 Å². The van der Waals surface area contributed by atoms with Gasteiger partial charge in [-0.05, 0) is 52.4 Å². The third-order valence-electron chi connectivity index (χ3n) is 3.34. The van der Waals surface area contributed by atoms with Crippen molar-refractivity contribution < 1.29 is 9.90 Å². The molecule has 0 aromatic heterocycles. The molecule has 1 rings (SSSR count). The second kappa shape index (κ2) is 6.86. The Morgan fingerprint density at radius 3 is 2.81 bits per heavy atom. The van der Waals surface area contributed by atoms with Crippen molar-refractivity contribution in [3.63, 3.8) is 0 Å². The average molecular weight is 228 g/mol. The zero-order valence-corrected chi connectivity index (χ0v) is 10.5. The van der Waals surface area contributed by atoms with Crippen LogP contribution < -0.4 is 0 Å². The molecule has 1 aliphatic rings. The van der Waals surface area contributed by atoms with Crippen LogP contribution in [0.1, 0.15) is 32.6 Å². The van der Waals surface area contributed by atoms with Crippen LogP contribution in [-0.4, -0.2) is 60.1 Å². The Morgan fingerprint density at radius 2 is 2.19 bits per heavy atom. The van der Waals surface area contributed by atoms with Crippen molar-refractivity contribution in [3.8, 4) is 0 Å². The molecule has 4 nitrogen and oxygen atoms in total. The van der Waals surface area contributed by atoms with Gasteiger partial charge in [-0.2, -0.15) is 0 Å². The first-order valence-corrected chi connectivity index (χ1v) is 6.28. The molecular formula is C12H24N2O2. The molecule has 0 aliphatic carbocycles. The quantitative estimate of drug-likeness (QED) is 0.769. The van der Waals surface area contributed by atoms with Crippen molar-refractivity contribution in [3.05, 3.63) is 0 Å². The summed E-state index contributed by atoms with van der Waals surface area (Å²) in [4.78, 5) is 15.1. The average Bonchev–Trinajstić information content (AvgIpc) is 2.43. The second-order valence-corrected chi connectivity index (χ2v) is 4.74. The van der Waals surface area contributed by atoms with Crippen LogP contribution in [0, 0.1) is 0 Å². The molecule has 1 saturated heterocycles. The van der Waals surface area contributed by atoms with Crippen molar-refractivity contribution in [2.24, 2.45) is 0 Å². The summed E-state index contributed by atoms with van der Waals surface area (Å²) in [7, 11) is 1.92. The van der Waals surface area contributed by atoms with Crippen LogP contribution in [0.2, 0.25) is 0 Å². The Labute approximate surface area is 98.2 Å². The number of rotatable bonds is 5. The summed E-state index contributed by atoms with van der Waals surface area (Å²) < 4.78 is 0. The minimum Gasteiger partial charge on any atom is -0.480 e. The van der Waals surface area contributed by atoms with Gasteiger partial charge in [0.1, 0.15) is 0 Å². The minimum absolute atomic E-state index is 0.165. The summed E-state index contributed by atoms with van der Waals surface area (Å²) >= 11 is 0. The van der Waals surface area contributed by atoms with Crippen molar-refractivity contribution in [2.45, 2.75) is 38.6 Å². The van der Waals surface area contributed by atoms with Gasteiger partial charge in [0.15, 0.2) is 0 Å². The van der Waals surface area contributed by atoms with E-state index in [1.54, 1.807) is 0 Å². The number of nitrogens with zero attached hydrogens (tertiary/aromatic N) is 2. The number of hydrogen-bond acceptors (Lipinski definition) is 3. The maximum atomic E-state index is 10.7. The highest BCUT2D eigenvalue weighted by Crippen LogP contribution is 2.15. The Kier molecular flexibility index (Phi) is 5.77. The van der Waals surface area contributed by atoms with Gasteiger partial charge in [-0.25, -0.2) is 0 Å². The molecule has 0 radical (unpaired) electrons. The predicted molar refractivity (Wildman–Crippen MR) is 64.6 cm³/mol. The van der Waals surface area contributed by atoms with Crippen LogP contribution >= 0.6 is 0 Å². The van der Waals surface area contributed by atoms with E-state index in [0.717, 1.165) is 19.4 Å². The highest BCUT2D eigenvalue weighted by atomic mass is 16.4. The molecule has 0 amide bonds. The van der Waals surface area contributed by atoms with Crippen LogP contribution in [0.3, 0.4) is 0 Å². The molecule has 1 fully saturated rings. The fourth-order valence-corrected chi connectivity index (χ4v) is 2.46. The van der Waals surface area contributed by atoms with E-state index in [1.165, 1.54) is 25.9 Å². The summed E-state index contributed by atoms with van der Waals surface area (Å²) in [5, 5.41) is 8.77. The van der Waals surface area contributed by atoms with E-state index in [2.05, 4.69) is 11.8 Å². The summed E-state index contributed by atoms with van der Waals surface area (Å²) in [6, 6.07) is 0.443. The molecular weight excluding hydrogens is 204 g/mol. The van der Waals surface area contributed by atoms with Crippen LogP contribution in [0.4, 0.5) is 0 Å². The number of carboxylic acids is 1. The molecule has 0 saturated carbocycles. The molecule has 0 spiro atoms. The lowest BCUT2D eigenvalue weighted by atomic mass is 10.1. The Morgan fingerprint density at radius 1 is 1.44 bits per heavy atom. The number of hydrogen-bond donors (Lipinski definition) is 1. The van der Waals surface area contributed by atoms with Gasteiger partial charge in [-0.3, -0.25) is 9.69 Å². The maximum absolute atomic E-state index is 10.7. The van der Waals surface area contributed by atoms with Gasteiger partial charge in [0.25, 0.3) is 0 Å². The summed E-state index contributed by atoms with van der Waals surface area (Å²) in [5.41, 5.74) is 0. The van der Waals surface area contributed by atoms with Crippen molar-refractivity contribution >= 4 is 5.97 Å². The van der Waals surface area contributed by atoms with E-state index in [9.17, 15) is 4.79 Å². The van der Waals surface area contributed by atoms with E-state index in [1.807, 2.05) is 11.9 Å². The van der Waals surface area contributed by atoms with E-state index in [4.69, 9.17) is 5.11 Å². The lowest BCUT2D eigenvalue weighted by molar-refractivity contribution is -0.138. The van der Waals surface area contributed by atoms with Crippen LogP contribution in [0.25, 0.3) is 0 Å². The number of aliphatic carboxylic acids is 1. The molecule has 1 atom stereocenters. The lowest BCUT2D eigenvalue weighted by Gasteiger charge is -2.25. The van der Waals surface area contributed by atoms with Gasteiger partial charge in [0.2, 0.25) is 0 Å². The summed E-state index contributed by atoms with van der Waals surface area (Å²) in [6.45, 7) is 5.83. The van der Waals surface area contributed by atoms with Gasteiger partial charge >= 0.3 is 5.97 Å². The van der Waals surface area contributed by atoms with Gasteiger partial charge in [0, 0.05) is 6.04 Å². The van der Waals surface area contributed by atoms with E-state index in [0.29, 0.717) is 6.04 Å². The molecule has 0 aromatic rings. The molecule has 1 N–H and O–H groups in total. The molecule has 94 valence electrons. The first-order valence-electron chi connectivity index (χ1n) is 6.28. The first kappa shape index (κ1) is 13.5. The third-order valence-corrected chi connectivity index (χ3v) is 3.34. The highest BCUT2D eigenvalue weighted by Gasteiger charge is 2.20. The fraction of sp³-hybridized carbons (Fsp3) is 0.917. The van der Waals surface area contributed by atoms with Crippen LogP contribution in [-0.2, 0) is 4.79 Å². The predicted octanol–water partition coefficient (Wildman–Crippen LogP) is 1.27. The van der Waals surface area contributed by atoms with Crippen molar-refractivity contribution in [2.75, 3.05) is 33.2 Å². The van der Waals surface area contributed by atoms with Gasteiger partial charge < -0.3 is 10.0 Å². The zero-order valence-electron chi connectivity index (χ0n) is 10.5. The Hall–Kier alpha value is -0.610. The first-order chi connectivity index (χ1) is 7.63. The number of likely N-dealkylation sites (N-methyl/N-ethyl adjacent to an activating group) is 1. The van der Waals surface area contributed by atoms with Crippen LogP contribution in [0.15, 0.2) is 0 Å². The third kappa shape index (κ3) is 4.49. The molecule has 0 aromatic carbocycles. The summed E-state index contributed by atoms with van der Waals surface area (Å²) in [5.74, 6) is -0.725. The van der Waals surface area contributed by atoms with Crippen LogP contribution in [0.5, 0.6) is 0 Å². The largest absolute Gasteiger partial charge is 0.480 e. The molecule has 0 bridgehead atoms. The highest BCUT2D eigenvalue weighted by molar-refractivity contribution is 5.69. The zero-order chi connectivity index (χ0) is 12.0. The molecule has 1 heterocycles. The monoisotopic (exact) mass is 228 g/mol. The fourth-order valence-electron chi connectivity index (χ4n) is 2.46. The molecule has 16 heavy (non-hydrogen) atoms. The SMILES string of the molecule is CCCN1CCCC(N(C)CC(=O)O)CC1. The van der Waals surface area contributed by atoms with Gasteiger partial charge in [-0.15, -0.1) is 0 Å². The van der Waals surface area contributed by atoms with Gasteiger partial charge in [-0.1, -0.05) is 6.92 Å². The maximum Gasteiger partial charge on any atom is 0.317 e. The van der Waals surface area contributed by atoms with Crippen molar-refractivity contribution in [1.29, 1.82) is 0 Å². The van der Waals surface area contributed by atoms with E-state index >= 15 is 0 Å². The standard InChI is InChI=1S/C12H24N2O2/c1-3-7-14-8-4-5-11(6-9-14)13(2)10-12(15)16/h11H,3-10H2,1-2H3,(H,15,16). The Balaban J connectivity index is 2.37. The lowest BCUT2D eigenvalue weighted by Crippen LogP contribution is -2.36. The molecule has 4 heteroatoms. The van der Waals surface area contributed by atoms with Crippen molar-refractivity contribution in [1.82, 2.24) is 9.80 Å². The number of carboxylic acid groups (broad SMARTS) is 1. The second-order valence-electron chi connectivity index (χ2n) is 4.74. The molecule has 1 unspecified atom stereocenters. The topological polar surface area (TPSA) is 43.8 Å². The summed E-state index contributed by atoms with van der Waals surface area (Å²) in [6.07, 6.45) is 4.62. The number of carbonyl (C=O) groups is 1.